The molecule has 0 saturated heterocycles. The fourth-order valence-electron chi connectivity index (χ4n) is 4.04. The third-order valence-corrected chi connectivity index (χ3v) is 5.80. The number of ether oxygens (including phenoxy) is 1. The highest BCUT2D eigenvalue weighted by molar-refractivity contribution is 5.86. The number of benzene rings is 3. The molecule has 0 bridgehead atoms. The minimum atomic E-state index is -4.34. The first kappa shape index (κ1) is 20.4. The van der Waals surface area contributed by atoms with Crippen LogP contribution in [0.2, 0.25) is 0 Å². The van der Waals surface area contributed by atoms with Crippen molar-refractivity contribution in [2.45, 2.75) is 25.7 Å². The number of halogens is 3. The van der Waals surface area contributed by atoms with E-state index in [0.717, 1.165) is 48.4 Å². The number of aromatic nitrogens is 1. The Morgan fingerprint density at radius 3 is 2.41 bits per heavy atom. The van der Waals surface area contributed by atoms with Crippen molar-refractivity contribution in [3.63, 3.8) is 0 Å². The molecule has 0 fully saturated rings. The Labute approximate surface area is 184 Å². The molecule has 3 aromatic carbocycles. The molecule has 1 aromatic heterocycles. The standard InChI is InChI=1S/C26H21F3N2O/c27-26(28,29)22-11-8-18(9-12-22)17-32-23-7-3-6-20-10-13-24(30-25(20)23)31-15-14-19-4-1-2-5-21(19)16-31/h1-13H,14-17H2. The summed E-state index contributed by atoms with van der Waals surface area (Å²) in [6, 6.07) is 23.3. The second kappa shape index (κ2) is 8.19. The van der Waals surface area contributed by atoms with E-state index in [9.17, 15) is 13.2 Å². The van der Waals surface area contributed by atoms with Gasteiger partial charge in [-0.05, 0) is 53.4 Å². The minimum absolute atomic E-state index is 0.167. The summed E-state index contributed by atoms with van der Waals surface area (Å²) in [6.45, 7) is 1.87. The summed E-state index contributed by atoms with van der Waals surface area (Å²) < 4.78 is 44.3. The first-order chi connectivity index (χ1) is 15.5. The van der Waals surface area contributed by atoms with Crippen LogP contribution in [-0.4, -0.2) is 11.5 Å². The van der Waals surface area contributed by atoms with Crippen LogP contribution in [0.3, 0.4) is 0 Å². The zero-order valence-corrected chi connectivity index (χ0v) is 17.3. The second-order valence-corrected chi connectivity index (χ2v) is 7.92. The lowest BCUT2D eigenvalue weighted by Gasteiger charge is -2.30. The first-order valence-corrected chi connectivity index (χ1v) is 10.5. The van der Waals surface area contributed by atoms with Crippen LogP contribution in [0.5, 0.6) is 5.75 Å². The lowest BCUT2D eigenvalue weighted by atomic mass is 10.00. The number of fused-ring (bicyclic) bond motifs is 2. The van der Waals surface area contributed by atoms with Gasteiger partial charge in [-0.15, -0.1) is 0 Å². The largest absolute Gasteiger partial charge is 0.487 e. The SMILES string of the molecule is FC(F)(F)c1ccc(COc2cccc3ccc(N4CCc5ccccc5C4)nc23)cc1. The van der Waals surface area contributed by atoms with Gasteiger partial charge in [0.25, 0.3) is 0 Å². The number of nitrogens with zero attached hydrogens (tertiary/aromatic N) is 2. The molecule has 2 heterocycles. The van der Waals surface area contributed by atoms with Crippen LogP contribution < -0.4 is 9.64 Å². The Bertz CT molecular complexity index is 1250. The molecule has 4 aromatic rings. The van der Waals surface area contributed by atoms with Crippen molar-refractivity contribution in [3.8, 4) is 5.75 Å². The van der Waals surface area contributed by atoms with E-state index >= 15 is 0 Å². The maximum atomic E-state index is 12.8. The predicted octanol–water partition coefficient (Wildman–Crippen LogP) is 6.40. The van der Waals surface area contributed by atoms with Gasteiger partial charge in [0.2, 0.25) is 0 Å². The van der Waals surface area contributed by atoms with Crippen LogP contribution >= 0.6 is 0 Å². The summed E-state index contributed by atoms with van der Waals surface area (Å²) in [6.07, 6.45) is -3.37. The number of pyridine rings is 1. The maximum absolute atomic E-state index is 12.8. The number of alkyl halides is 3. The Morgan fingerprint density at radius 2 is 1.62 bits per heavy atom. The highest BCUT2D eigenvalue weighted by atomic mass is 19.4. The van der Waals surface area contributed by atoms with E-state index in [4.69, 9.17) is 9.72 Å². The number of hydrogen-bond donors (Lipinski definition) is 0. The molecule has 6 heteroatoms. The van der Waals surface area contributed by atoms with Crippen molar-refractivity contribution in [1.29, 1.82) is 0 Å². The summed E-state index contributed by atoms with van der Waals surface area (Å²) in [5.41, 5.74) is 3.44. The van der Waals surface area contributed by atoms with Crippen molar-refractivity contribution in [2.75, 3.05) is 11.4 Å². The van der Waals surface area contributed by atoms with Crippen molar-refractivity contribution in [2.24, 2.45) is 0 Å². The lowest BCUT2D eigenvalue weighted by Crippen LogP contribution is -2.30. The first-order valence-electron chi connectivity index (χ1n) is 10.5. The van der Waals surface area contributed by atoms with Gasteiger partial charge >= 0.3 is 6.18 Å². The van der Waals surface area contributed by atoms with Gasteiger partial charge in [-0.25, -0.2) is 4.98 Å². The van der Waals surface area contributed by atoms with Gasteiger partial charge < -0.3 is 9.64 Å². The van der Waals surface area contributed by atoms with Gasteiger partial charge in [0, 0.05) is 18.5 Å². The molecule has 0 spiro atoms. The van der Waals surface area contributed by atoms with Crippen LogP contribution in [0.1, 0.15) is 22.3 Å². The minimum Gasteiger partial charge on any atom is -0.487 e. The second-order valence-electron chi connectivity index (χ2n) is 7.92. The molecule has 0 saturated carbocycles. The van der Waals surface area contributed by atoms with Gasteiger partial charge in [0.1, 0.15) is 23.7 Å². The monoisotopic (exact) mass is 434 g/mol. The third kappa shape index (κ3) is 4.13. The van der Waals surface area contributed by atoms with E-state index in [-0.39, 0.29) is 6.61 Å². The van der Waals surface area contributed by atoms with Crippen molar-refractivity contribution >= 4 is 16.7 Å². The van der Waals surface area contributed by atoms with E-state index in [2.05, 4.69) is 29.2 Å². The summed E-state index contributed by atoms with van der Waals surface area (Å²) >= 11 is 0. The zero-order chi connectivity index (χ0) is 22.1. The van der Waals surface area contributed by atoms with E-state index in [1.54, 1.807) is 0 Å². The Kier molecular flexibility index (Phi) is 5.21. The molecular formula is C26H21F3N2O. The number of hydrogen-bond acceptors (Lipinski definition) is 3. The highest BCUT2D eigenvalue weighted by Crippen LogP contribution is 2.31. The number of para-hydroxylation sites is 1. The van der Waals surface area contributed by atoms with Crippen LogP contribution in [0, 0.1) is 0 Å². The molecule has 3 nitrogen and oxygen atoms in total. The van der Waals surface area contributed by atoms with Gasteiger partial charge in [-0.2, -0.15) is 13.2 Å². The van der Waals surface area contributed by atoms with E-state index < -0.39 is 11.7 Å². The average Bonchev–Trinajstić information content (AvgIpc) is 2.82. The van der Waals surface area contributed by atoms with E-state index in [0.29, 0.717) is 11.3 Å². The molecule has 5 rings (SSSR count). The van der Waals surface area contributed by atoms with Gasteiger partial charge in [-0.1, -0.05) is 48.5 Å². The summed E-state index contributed by atoms with van der Waals surface area (Å²) in [7, 11) is 0. The molecule has 0 N–H and O–H groups in total. The maximum Gasteiger partial charge on any atom is 0.416 e. The fourth-order valence-corrected chi connectivity index (χ4v) is 4.04. The lowest BCUT2D eigenvalue weighted by molar-refractivity contribution is -0.137. The zero-order valence-electron chi connectivity index (χ0n) is 17.3. The Hall–Kier alpha value is -3.54. The smallest absolute Gasteiger partial charge is 0.416 e. The van der Waals surface area contributed by atoms with Crippen LogP contribution in [0.15, 0.2) is 78.9 Å². The highest BCUT2D eigenvalue weighted by Gasteiger charge is 2.29. The topological polar surface area (TPSA) is 25.4 Å². The molecule has 32 heavy (non-hydrogen) atoms. The number of rotatable bonds is 4. The van der Waals surface area contributed by atoms with Crippen LogP contribution in [0.4, 0.5) is 19.0 Å². The molecule has 0 unspecified atom stereocenters. The summed E-state index contributed by atoms with van der Waals surface area (Å²) in [5.74, 6) is 1.50. The number of anilines is 1. The molecule has 1 aliphatic rings. The predicted molar refractivity (Wildman–Crippen MR) is 119 cm³/mol. The van der Waals surface area contributed by atoms with Crippen molar-refractivity contribution < 1.29 is 17.9 Å². The summed E-state index contributed by atoms with van der Waals surface area (Å²) in [5, 5.41) is 0.955. The third-order valence-electron chi connectivity index (χ3n) is 5.80. The fraction of sp³-hybridized carbons (Fsp3) is 0.192. The Balaban J connectivity index is 1.37. The molecule has 162 valence electrons. The van der Waals surface area contributed by atoms with Crippen LogP contribution in [-0.2, 0) is 25.7 Å². The molecule has 0 radical (unpaired) electrons. The Morgan fingerprint density at radius 1 is 0.844 bits per heavy atom. The van der Waals surface area contributed by atoms with Gasteiger partial charge in [0.15, 0.2) is 0 Å². The quantitative estimate of drug-likeness (QED) is 0.372. The van der Waals surface area contributed by atoms with E-state index in [1.165, 1.54) is 23.3 Å². The molecule has 1 aliphatic heterocycles. The van der Waals surface area contributed by atoms with E-state index in [1.807, 2.05) is 30.3 Å². The molecular weight excluding hydrogens is 413 g/mol. The molecule has 0 atom stereocenters. The molecule has 0 amide bonds. The van der Waals surface area contributed by atoms with Gasteiger partial charge in [0.05, 0.1) is 5.56 Å². The molecule has 0 aliphatic carbocycles. The average molecular weight is 434 g/mol. The van der Waals surface area contributed by atoms with Crippen LogP contribution in [0.25, 0.3) is 10.9 Å². The van der Waals surface area contributed by atoms with Gasteiger partial charge in [-0.3, -0.25) is 0 Å². The van der Waals surface area contributed by atoms with Crippen molar-refractivity contribution in [3.05, 3.63) is 101 Å². The summed E-state index contributed by atoms with van der Waals surface area (Å²) in [4.78, 5) is 7.14. The normalized spacial score (nSPS) is 13.8. The van der Waals surface area contributed by atoms with Crippen molar-refractivity contribution in [1.82, 2.24) is 4.98 Å².